The summed E-state index contributed by atoms with van der Waals surface area (Å²) in [5.74, 6) is 1.52. The Morgan fingerprint density at radius 2 is 2.10 bits per heavy atom. The van der Waals surface area contributed by atoms with E-state index in [0.29, 0.717) is 30.3 Å². The first-order valence-electron chi connectivity index (χ1n) is 10.9. The highest BCUT2D eigenvalue weighted by Crippen LogP contribution is 2.41. The highest BCUT2D eigenvalue weighted by molar-refractivity contribution is 6.30. The van der Waals surface area contributed by atoms with E-state index in [-0.39, 0.29) is 18.1 Å². The van der Waals surface area contributed by atoms with E-state index in [0.717, 1.165) is 42.0 Å². The van der Waals surface area contributed by atoms with Gasteiger partial charge in [-0.2, -0.15) is 0 Å². The SMILES string of the molecule is COc1ccc(C2NNC3CC4NC(=O)N(CCc5cccc(Cl)c5)CC4CC32)cn1. The summed E-state index contributed by atoms with van der Waals surface area (Å²) >= 11 is 6.10. The summed E-state index contributed by atoms with van der Waals surface area (Å²) in [4.78, 5) is 19.0. The molecule has 2 aromatic rings. The minimum absolute atomic E-state index is 0.0450. The predicted octanol–water partition coefficient (Wildman–Crippen LogP) is 2.92. The number of hydrogen-bond acceptors (Lipinski definition) is 5. The molecule has 0 spiro atoms. The van der Waals surface area contributed by atoms with Gasteiger partial charge in [0.2, 0.25) is 5.88 Å². The molecule has 1 aromatic carbocycles. The lowest BCUT2D eigenvalue weighted by Gasteiger charge is -2.45. The number of hydrazine groups is 1. The number of nitrogens with zero attached hydrogens (tertiary/aromatic N) is 2. The molecule has 1 aromatic heterocycles. The second-order valence-electron chi connectivity index (χ2n) is 8.78. The molecule has 2 aliphatic heterocycles. The third-order valence-electron chi connectivity index (χ3n) is 6.96. The maximum Gasteiger partial charge on any atom is 0.317 e. The molecule has 164 valence electrons. The van der Waals surface area contributed by atoms with E-state index in [2.05, 4.69) is 33.3 Å². The van der Waals surface area contributed by atoms with Gasteiger partial charge in [0, 0.05) is 42.5 Å². The van der Waals surface area contributed by atoms with Gasteiger partial charge in [-0.1, -0.05) is 29.8 Å². The van der Waals surface area contributed by atoms with Gasteiger partial charge in [-0.05, 0) is 54.4 Å². The van der Waals surface area contributed by atoms with Crippen LogP contribution in [0, 0.1) is 11.8 Å². The molecule has 8 heteroatoms. The molecule has 5 atom stereocenters. The number of rotatable bonds is 5. The number of pyridine rings is 1. The van der Waals surface area contributed by atoms with Crippen molar-refractivity contribution >= 4 is 17.6 Å². The van der Waals surface area contributed by atoms with E-state index in [1.165, 1.54) is 0 Å². The van der Waals surface area contributed by atoms with E-state index in [1.807, 2.05) is 35.4 Å². The van der Waals surface area contributed by atoms with Gasteiger partial charge in [-0.25, -0.2) is 15.2 Å². The van der Waals surface area contributed by atoms with E-state index in [1.54, 1.807) is 7.11 Å². The summed E-state index contributed by atoms with van der Waals surface area (Å²) in [7, 11) is 1.63. The second-order valence-corrected chi connectivity index (χ2v) is 9.22. The Labute approximate surface area is 187 Å². The lowest BCUT2D eigenvalue weighted by Crippen LogP contribution is -2.61. The number of hydrogen-bond donors (Lipinski definition) is 3. The monoisotopic (exact) mass is 441 g/mol. The van der Waals surface area contributed by atoms with Crippen LogP contribution in [0.4, 0.5) is 4.79 Å². The number of methoxy groups -OCH3 is 1. The van der Waals surface area contributed by atoms with Gasteiger partial charge in [0.25, 0.3) is 0 Å². The zero-order chi connectivity index (χ0) is 21.4. The number of aromatic nitrogens is 1. The Bertz CT molecular complexity index is 940. The van der Waals surface area contributed by atoms with Crippen molar-refractivity contribution in [1.82, 2.24) is 26.1 Å². The first-order valence-corrected chi connectivity index (χ1v) is 11.3. The third kappa shape index (κ3) is 4.22. The molecule has 3 N–H and O–H groups in total. The van der Waals surface area contributed by atoms with Crippen LogP contribution in [0.15, 0.2) is 42.6 Å². The molecule has 0 bridgehead atoms. The summed E-state index contributed by atoms with van der Waals surface area (Å²) in [5, 5.41) is 4.00. The van der Waals surface area contributed by atoms with Gasteiger partial charge in [0.1, 0.15) is 0 Å². The number of ether oxygens (including phenoxy) is 1. The van der Waals surface area contributed by atoms with Crippen LogP contribution >= 0.6 is 11.6 Å². The van der Waals surface area contributed by atoms with Crippen molar-refractivity contribution < 1.29 is 9.53 Å². The smallest absolute Gasteiger partial charge is 0.317 e. The number of benzene rings is 1. The van der Waals surface area contributed by atoms with Crippen LogP contribution in [0.2, 0.25) is 5.02 Å². The topological polar surface area (TPSA) is 78.5 Å². The number of urea groups is 1. The van der Waals surface area contributed by atoms with Gasteiger partial charge >= 0.3 is 6.03 Å². The van der Waals surface area contributed by atoms with Gasteiger partial charge in [-0.3, -0.25) is 5.43 Å². The number of fused-ring (bicyclic) bond motifs is 2. The molecule has 0 radical (unpaired) electrons. The Morgan fingerprint density at radius 1 is 1.19 bits per heavy atom. The van der Waals surface area contributed by atoms with Crippen molar-refractivity contribution in [3.63, 3.8) is 0 Å². The van der Waals surface area contributed by atoms with Crippen LogP contribution in [-0.2, 0) is 6.42 Å². The molecule has 2 saturated heterocycles. The van der Waals surface area contributed by atoms with E-state index in [9.17, 15) is 4.79 Å². The number of carbonyl (C=O) groups is 1. The Balaban J connectivity index is 1.25. The summed E-state index contributed by atoms with van der Waals surface area (Å²) in [6, 6.07) is 12.7. The number of carbonyl (C=O) groups excluding carboxylic acids is 1. The lowest BCUT2D eigenvalue weighted by molar-refractivity contribution is 0.0995. The summed E-state index contributed by atoms with van der Waals surface area (Å²) in [6.07, 6.45) is 4.70. The molecule has 1 aliphatic carbocycles. The van der Waals surface area contributed by atoms with Crippen molar-refractivity contribution in [3.05, 3.63) is 58.7 Å². The molecule has 31 heavy (non-hydrogen) atoms. The van der Waals surface area contributed by atoms with Crippen LogP contribution in [0.3, 0.4) is 0 Å². The zero-order valence-electron chi connectivity index (χ0n) is 17.6. The molecule has 7 nitrogen and oxygen atoms in total. The summed E-state index contributed by atoms with van der Waals surface area (Å²) in [5.41, 5.74) is 9.25. The quantitative estimate of drug-likeness (QED) is 0.665. The van der Waals surface area contributed by atoms with Crippen LogP contribution in [0.5, 0.6) is 5.88 Å². The van der Waals surface area contributed by atoms with Crippen molar-refractivity contribution in [2.75, 3.05) is 20.2 Å². The van der Waals surface area contributed by atoms with E-state index in [4.69, 9.17) is 16.3 Å². The maximum absolute atomic E-state index is 12.7. The van der Waals surface area contributed by atoms with Gasteiger partial charge in [0.05, 0.1) is 13.2 Å². The minimum atomic E-state index is 0.0450. The zero-order valence-corrected chi connectivity index (χ0v) is 18.3. The molecular formula is C23H28ClN5O2. The molecule has 3 aliphatic rings. The first-order chi connectivity index (χ1) is 15.1. The average Bonchev–Trinajstić information content (AvgIpc) is 3.19. The normalized spacial score (nSPS) is 29.8. The molecular weight excluding hydrogens is 414 g/mol. The van der Waals surface area contributed by atoms with Crippen molar-refractivity contribution in [3.8, 4) is 5.88 Å². The van der Waals surface area contributed by atoms with E-state index < -0.39 is 0 Å². The minimum Gasteiger partial charge on any atom is -0.481 e. The third-order valence-corrected chi connectivity index (χ3v) is 7.19. The average molecular weight is 442 g/mol. The largest absolute Gasteiger partial charge is 0.481 e. The molecule has 1 saturated carbocycles. The Hall–Kier alpha value is -2.35. The lowest BCUT2D eigenvalue weighted by atomic mass is 9.71. The Kier molecular flexibility index (Phi) is 5.73. The number of halogens is 1. The van der Waals surface area contributed by atoms with Crippen LogP contribution in [0.1, 0.15) is 30.0 Å². The predicted molar refractivity (Wildman–Crippen MR) is 119 cm³/mol. The Morgan fingerprint density at radius 3 is 2.87 bits per heavy atom. The van der Waals surface area contributed by atoms with Gasteiger partial charge in [0.15, 0.2) is 0 Å². The van der Waals surface area contributed by atoms with Crippen LogP contribution < -0.4 is 20.9 Å². The molecule has 5 unspecified atom stereocenters. The highest BCUT2D eigenvalue weighted by atomic mass is 35.5. The van der Waals surface area contributed by atoms with Crippen molar-refractivity contribution in [2.45, 2.75) is 37.4 Å². The van der Waals surface area contributed by atoms with Crippen molar-refractivity contribution in [1.29, 1.82) is 0 Å². The highest BCUT2D eigenvalue weighted by Gasteiger charge is 2.47. The first kappa shape index (κ1) is 20.5. The fraction of sp³-hybridized carbons (Fsp3) is 0.478. The second kappa shape index (κ2) is 8.65. The van der Waals surface area contributed by atoms with Crippen molar-refractivity contribution in [2.24, 2.45) is 11.8 Å². The fourth-order valence-electron chi connectivity index (χ4n) is 5.33. The van der Waals surface area contributed by atoms with Crippen LogP contribution in [0.25, 0.3) is 0 Å². The fourth-order valence-corrected chi connectivity index (χ4v) is 5.54. The van der Waals surface area contributed by atoms with Gasteiger partial charge < -0.3 is 15.0 Å². The summed E-state index contributed by atoms with van der Waals surface area (Å²) in [6.45, 7) is 1.50. The molecule has 5 rings (SSSR count). The molecule has 2 amide bonds. The standard InChI is InChI=1S/C23H28ClN5O2/c1-31-21-6-5-15(12-25-21)22-18-10-16-13-29(8-7-14-3-2-4-17(24)9-14)23(30)26-19(16)11-20(18)27-28-22/h2-6,9,12,16,18-20,22,27-28H,7-8,10-11,13H2,1H3,(H,26,30). The van der Waals surface area contributed by atoms with Gasteiger partial charge in [-0.15, -0.1) is 0 Å². The number of nitrogens with one attached hydrogen (secondary N) is 3. The maximum atomic E-state index is 12.7. The molecule has 3 fully saturated rings. The van der Waals surface area contributed by atoms with Crippen LogP contribution in [-0.4, -0.2) is 48.2 Å². The summed E-state index contributed by atoms with van der Waals surface area (Å²) < 4.78 is 5.19. The van der Waals surface area contributed by atoms with E-state index >= 15 is 0 Å². The number of amides is 2. The molecule has 3 heterocycles.